The molecule has 0 N–H and O–H groups in total. The van der Waals surface area contributed by atoms with Crippen LogP contribution in [0.1, 0.15) is 40.2 Å². The third kappa shape index (κ3) is 5.29. The second kappa shape index (κ2) is 8.39. The molecule has 10 heteroatoms. The number of nitrogens with zero attached hydrogens (tertiary/aromatic N) is 6. The topological polar surface area (TPSA) is 95.3 Å². The third-order valence-corrected chi connectivity index (χ3v) is 4.70. The maximum Gasteiger partial charge on any atom is 0.422 e. The fourth-order valence-corrected chi connectivity index (χ4v) is 3.01. The first kappa shape index (κ1) is 22.9. The summed E-state index contributed by atoms with van der Waals surface area (Å²) in [7, 11) is 1.66. The van der Waals surface area contributed by atoms with Crippen LogP contribution in [-0.2, 0) is 16.0 Å². The monoisotopic (exact) mass is 446 g/mol. The third-order valence-electron chi connectivity index (χ3n) is 4.49. The van der Waals surface area contributed by atoms with Gasteiger partial charge in [-0.25, -0.2) is 19.7 Å². The van der Waals surface area contributed by atoms with Gasteiger partial charge in [0.25, 0.3) is 0 Å². The highest BCUT2D eigenvalue weighted by atomic mass is 35.5. The zero-order chi connectivity index (χ0) is 23.0. The molecule has 0 aliphatic carbocycles. The average molecular weight is 447 g/mol. The van der Waals surface area contributed by atoms with Crippen LogP contribution in [0.15, 0.2) is 24.5 Å². The van der Waals surface area contributed by atoms with Crippen LogP contribution < -0.4 is 4.90 Å². The second-order valence-corrected chi connectivity index (χ2v) is 9.23. The summed E-state index contributed by atoms with van der Waals surface area (Å²) in [5, 5.41) is 8.15. The number of carbonyl (C=O) groups excluding carboxylic acids is 1. The van der Waals surface area contributed by atoms with E-state index >= 15 is 0 Å². The van der Waals surface area contributed by atoms with E-state index in [2.05, 4.69) is 15.2 Å². The Hall–Kier alpha value is -2.78. The molecule has 0 aliphatic rings. The minimum absolute atomic E-state index is 0.216. The lowest BCUT2D eigenvalue weighted by molar-refractivity contribution is 0.00889. The molecule has 0 fully saturated rings. The fourth-order valence-electron chi connectivity index (χ4n) is 2.91. The second-order valence-electron chi connectivity index (χ2n) is 8.84. The number of rotatable bonds is 5. The number of fused-ring (bicyclic) bond motifs is 1. The molecule has 0 bridgehead atoms. The van der Waals surface area contributed by atoms with Gasteiger partial charge in [-0.1, -0.05) is 11.6 Å². The van der Waals surface area contributed by atoms with Gasteiger partial charge < -0.3 is 14.0 Å². The molecule has 0 saturated carbocycles. The van der Waals surface area contributed by atoms with Crippen molar-refractivity contribution >= 4 is 40.5 Å². The molecule has 166 valence electrons. The van der Waals surface area contributed by atoms with Crippen molar-refractivity contribution in [3.05, 3.63) is 35.2 Å². The molecule has 0 spiro atoms. The van der Waals surface area contributed by atoms with Crippen LogP contribution in [0.3, 0.4) is 0 Å². The molecular formula is C21H27ClN6O3. The number of imidazole rings is 1. The molecule has 3 aromatic heterocycles. The van der Waals surface area contributed by atoms with Crippen LogP contribution in [0.25, 0.3) is 11.2 Å². The maximum absolute atomic E-state index is 13.2. The Labute approximate surface area is 186 Å². The number of hydrogen-bond acceptors (Lipinski definition) is 7. The summed E-state index contributed by atoms with van der Waals surface area (Å²) in [5.41, 5.74) is 0.914. The summed E-state index contributed by atoms with van der Waals surface area (Å²) in [6, 6.07) is 5.02. The van der Waals surface area contributed by atoms with E-state index in [0.717, 1.165) is 5.56 Å². The molecule has 9 nitrogen and oxygen atoms in total. The van der Waals surface area contributed by atoms with Gasteiger partial charge in [-0.15, -0.1) is 10.2 Å². The van der Waals surface area contributed by atoms with Crippen molar-refractivity contribution in [3.8, 4) is 0 Å². The van der Waals surface area contributed by atoms with Crippen LogP contribution in [0.5, 0.6) is 0 Å². The van der Waals surface area contributed by atoms with Crippen LogP contribution in [-0.4, -0.2) is 49.1 Å². The van der Waals surface area contributed by atoms with Gasteiger partial charge in [-0.3, -0.25) is 0 Å². The lowest BCUT2D eigenvalue weighted by Gasteiger charge is -2.27. The number of aromatic nitrogens is 5. The number of halogens is 1. The lowest BCUT2D eigenvalue weighted by atomic mass is 10.1. The molecular weight excluding hydrogens is 420 g/mol. The van der Waals surface area contributed by atoms with Crippen molar-refractivity contribution in [3.63, 3.8) is 0 Å². The van der Waals surface area contributed by atoms with Gasteiger partial charge in [0, 0.05) is 7.11 Å². The Kier molecular flexibility index (Phi) is 6.20. The van der Waals surface area contributed by atoms with E-state index < -0.39 is 17.3 Å². The summed E-state index contributed by atoms with van der Waals surface area (Å²) in [5.74, 6) is 0.618. The molecule has 0 atom stereocenters. The first-order chi connectivity index (χ1) is 14.4. The van der Waals surface area contributed by atoms with E-state index in [1.165, 1.54) is 4.90 Å². The van der Waals surface area contributed by atoms with Gasteiger partial charge in [-0.2, -0.15) is 0 Å². The van der Waals surface area contributed by atoms with Crippen molar-refractivity contribution in [1.82, 2.24) is 24.7 Å². The number of pyridine rings is 1. The van der Waals surface area contributed by atoms with Gasteiger partial charge in [0.2, 0.25) is 0 Å². The number of methoxy groups -OCH3 is 1. The normalized spacial score (nSPS) is 12.3. The van der Waals surface area contributed by atoms with Crippen molar-refractivity contribution in [2.45, 2.75) is 59.3 Å². The summed E-state index contributed by atoms with van der Waals surface area (Å²) in [6.07, 6.45) is 1.09. The molecule has 0 radical (unpaired) electrons. The van der Waals surface area contributed by atoms with Crippen LogP contribution >= 0.6 is 11.6 Å². The summed E-state index contributed by atoms with van der Waals surface area (Å²) in [4.78, 5) is 23.7. The molecule has 0 saturated heterocycles. The zero-order valence-corrected chi connectivity index (χ0v) is 19.6. The van der Waals surface area contributed by atoms with Crippen LogP contribution in [0.4, 0.5) is 16.4 Å². The Morgan fingerprint density at radius 2 is 1.90 bits per heavy atom. The van der Waals surface area contributed by atoms with E-state index in [4.69, 9.17) is 26.1 Å². The minimum Gasteiger partial charge on any atom is -0.443 e. The van der Waals surface area contributed by atoms with Crippen molar-refractivity contribution in [2.75, 3.05) is 12.0 Å². The van der Waals surface area contributed by atoms with Crippen LogP contribution in [0.2, 0.25) is 5.15 Å². The van der Waals surface area contributed by atoms with Crippen molar-refractivity contribution < 1.29 is 14.3 Å². The standard InChI is InChI=1S/C21H27ClN6O3/c1-13-10-14-18(27(12-23-14)11-21(5,6)30-7)24-17(13)28(19(29)31-20(2,3)4)16-9-8-15(22)25-26-16/h8-10,12H,11H2,1-7H3. The van der Waals surface area contributed by atoms with Gasteiger partial charge in [0.1, 0.15) is 16.9 Å². The van der Waals surface area contributed by atoms with E-state index in [-0.39, 0.29) is 11.0 Å². The Balaban J connectivity index is 2.15. The molecule has 0 aliphatic heterocycles. The molecule has 3 heterocycles. The molecule has 1 amide bonds. The zero-order valence-electron chi connectivity index (χ0n) is 18.8. The first-order valence-electron chi connectivity index (χ1n) is 9.80. The van der Waals surface area contributed by atoms with Gasteiger partial charge in [0.05, 0.1) is 18.5 Å². The predicted molar refractivity (Wildman–Crippen MR) is 119 cm³/mol. The average Bonchev–Trinajstić information content (AvgIpc) is 3.03. The number of aryl methyl sites for hydroxylation is 1. The number of carbonyl (C=O) groups is 1. The van der Waals surface area contributed by atoms with Gasteiger partial charge in [-0.05, 0) is 65.3 Å². The van der Waals surface area contributed by atoms with E-state index in [9.17, 15) is 4.79 Å². The molecule has 0 unspecified atom stereocenters. The number of anilines is 2. The van der Waals surface area contributed by atoms with Crippen molar-refractivity contribution in [2.24, 2.45) is 0 Å². The Bertz CT molecular complexity index is 1090. The quantitative estimate of drug-likeness (QED) is 0.561. The maximum atomic E-state index is 13.2. The summed E-state index contributed by atoms with van der Waals surface area (Å²) >= 11 is 5.89. The van der Waals surface area contributed by atoms with Gasteiger partial charge >= 0.3 is 6.09 Å². The largest absolute Gasteiger partial charge is 0.443 e. The number of ether oxygens (including phenoxy) is 2. The smallest absolute Gasteiger partial charge is 0.422 e. The minimum atomic E-state index is -0.711. The Morgan fingerprint density at radius 3 is 2.48 bits per heavy atom. The van der Waals surface area contributed by atoms with Gasteiger partial charge in [0.15, 0.2) is 16.6 Å². The highest BCUT2D eigenvalue weighted by Crippen LogP contribution is 2.30. The summed E-state index contributed by atoms with van der Waals surface area (Å²) < 4.78 is 13.1. The molecule has 31 heavy (non-hydrogen) atoms. The van der Waals surface area contributed by atoms with Crippen LogP contribution in [0, 0.1) is 6.92 Å². The summed E-state index contributed by atoms with van der Waals surface area (Å²) in [6.45, 7) is 11.7. The number of hydrogen-bond donors (Lipinski definition) is 0. The predicted octanol–water partition coefficient (Wildman–Crippen LogP) is 4.68. The van der Waals surface area contributed by atoms with Crippen molar-refractivity contribution in [1.29, 1.82) is 0 Å². The first-order valence-corrected chi connectivity index (χ1v) is 10.2. The SMILES string of the molecule is COC(C)(C)Cn1cnc2cc(C)c(N(C(=O)OC(C)(C)C)c3ccc(Cl)nn3)nc21. The van der Waals surface area contributed by atoms with E-state index in [1.807, 2.05) is 31.4 Å². The Morgan fingerprint density at radius 1 is 1.19 bits per heavy atom. The van der Waals surface area contributed by atoms with E-state index in [0.29, 0.717) is 23.5 Å². The number of amides is 1. The fraction of sp³-hybridized carbons (Fsp3) is 0.476. The highest BCUT2D eigenvalue weighted by Gasteiger charge is 2.29. The molecule has 3 aromatic rings. The highest BCUT2D eigenvalue weighted by molar-refractivity contribution is 6.29. The lowest BCUT2D eigenvalue weighted by Crippen LogP contribution is -2.35. The molecule has 3 rings (SSSR count). The molecule has 0 aromatic carbocycles. The van der Waals surface area contributed by atoms with E-state index in [1.54, 1.807) is 46.3 Å².